The maximum atomic E-state index is 11.0. The fourth-order valence-corrected chi connectivity index (χ4v) is 3.28. The maximum absolute atomic E-state index is 11.0. The van der Waals surface area contributed by atoms with Gasteiger partial charge in [-0.05, 0) is 57.9 Å². The molecule has 0 aromatic heterocycles. The Morgan fingerprint density at radius 3 is 1.17 bits per heavy atom. The molecule has 0 fully saturated rings. The maximum Gasteiger partial charge on any atom is 1.00 e. The average molecular weight is 382 g/mol. The van der Waals surface area contributed by atoms with Crippen LogP contribution in [0.2, 0.25) is 0 Å². The minimum Gasteiger partial charge on any atom is -0.744 e. The predicted molar refractivity (Wildman–Crippen MR) is 77.4 cm³/mol. The Hall–Kier alpha value is 0.000000000000000444. The summed E-state index contributed by atoms with van der Waals surface area (Å²) >= 11 is 0. The first kappa shape index (κ1) is 22.0. The minimum atomic E-state index is -4.54. The van der Waals surface area contributed by atoms with Gasteiger partial charge in [0.1, 0.15) is 20.2 Å². The Bertz CT molecular complexity index is 1030. The van der Waals surface area contributed by atoms with E-state index in [4.69, 9.17) is 0 Å². The van der Waals surface area contributed by atoms with Crippen molar-refractivity contribution in [1.29, 1.82) is 0 Å². The van der Waals surface area contributed by atoms with Gasteiger partial charge in [-0.1, -0.05) is 12.1 Å². The zero-order chi connectivity index (χ0) is 16.1. The molecule has 3 rings (SSSR count). The number of fused-ring (bicyclic) bond motifs is 2. The second-order valence-electron chi connectivity index (χ2n) is 4.78. The fourth-order valence-electron chi connectivity index (χ4n) is 2.26. The molecule has 6 nitrogen and oxygen atoms in total. The van der Waals surface area contributed by atoms with Crippen LogP contribution < -0.4 is 59.1 Å². The van der Waals surface area contributed by atoms with Crippen LogP contribution in [-0.4, -0.2) is 25.9 Å². The zero-order valence-electron chi connectivity index (χ0n) is 12.9. The fraction of sp³-hybridized carbons (Fsp3) is 0. The van der Waals surface area contributed by atoms with Gasteiger partial charge in [0.2, 0.25) is 0 Å². The van der Waals surface area contributed by atoms with Gasteiger partial charge in [0.25, 0.3) is 0 Å². The molecule has 0 saturated carbocycles. The van der Waals surface area contributed by atoms with Crippen molar-refractivity contribution < 1.29 is 85.1 Å². The second-order valence-corrected chi connectivity index (χ2v) is 7.54. The van der Waals surface area contributed by atoms with Gasteiger partial charge in [-0.3, -0.25) is 0 Å². The molecule has 0 bridgehead atoms. The topological polar surface area (TPSA) is 114 Å². The first-order valence-corrected chi connectivity index (χ1v) is 8.86. The van der Waals surface area contributed by atoms with Crippen LogP contribution in [0.5, 0.6) is 0 Å². The molecule has 0 amide bonds. The van der Waals surface area contributed by atoms with E-state index >= 15 is 0 Å². The number of benzene rings is 3. The number of hydrogen-bond acceptors (Lipinski definition) is 6. The largest absolute Gasteiger partial charge is 1.00 e. The van der Waals surface area contributed by atoms with Gasteiger partial charge >= 0.3 is 59.1 Å². The summed E-state index contributed by atoms with van der Waals surface area (Å²) in [4.78, 5) is -0.670. The third kappa shape index (κ3) is 4.59. The zero-order valence-corrected chi connectivity index (χ0v) is 18.5. The van der Waals surface area contributed by atoms with Crippen molar-refractivity contribution >= 4 is 41.8 Å². The van der Waals surface area contributed by atoms with E-state index in [1.54, 1.807) is 12.1 Å². The molecule has 0 spiro atoms. The molecule has 0 aliphatic heterocycles. The molecule has 0 N–H and O–H groups in total. The summed E-state index contributed by atoms with van der Waals surface area (Å²) in [5, 5.41) is 2.31. The van der Waals surface area contributed by atoms with Crippen LogP contribution in [0.3, 0.4) is 0 Å². The summed E-state index contributed by atoms with van der Waals surface area (Å²) in [6, 6.07) is 11.1. The quantitative estimate of drug-likeness (QED) is 0.252. The standard InChI is InChI=1S/C14H10O6S2.2Na/c15-21(16,17)13-3-1-9-5-12-8-14(22(18,19)20)4-2-10(12)6-11(9)7-13;;/h1-8H,(H,15,16,17)(H,18,19,20);;/q;2*+1/p-2. The Labute approximate surface area is 183 Å². The molecule has 0 aliphatic rings. The first-order valence-electron chi connectivity index (χ1n) is 6.04. The van der Waals surface area contributed by atoms with Crippen LogP contribution in [-0.2, 0) is 20.2 Å². The van der Waals surface area contributed by atoms with Gasteiger partial charge in [0.05, 0.1) is 9.79 Å². The van der Waals surface area contributed by atoms with Gasteiger partial charge in [-0.25, -0.2) is 16.8 Å². The van der Waals surface area contributed by atoms with E-state index in [0.717, 1.165) is 0 Å². The van der Waals surface area contributed by atoms with Crippen LogP contribution in [0, 0.1) is 0 Å². The molecule has 0 aliphatic carbocycles. The van der Waals surface area contributed by atoms with E-state index in [9.17, 15) is 25.9 Å². The minimum absolute atomic E-state index is 0. The van der Waals surface area contributed by atoms with Gasteiger partial charge in [0.15, 0.2) is 0 Å². The predicted octanol–water partition coefficient (Wildman–Crippen LogP) is -4.19. The smallest absolute Gasteiger partial charge is 0.744 e. The Balaban J connectivity index is 0.00000144. The first-order chi connectivity index (χ1) is 10.1. The van der Waals surface area contributed by atoms with Crippen LogP contribution in [0.25, 0.3) is 21.5 Å². The summed E-state index contributed by atoms with van der Waals surface area (Å²) in [7, 11) is -9.09. The van der Waals surface area contributed by atoms with Crippen molar-refractivity contribution in [3.05, 3.63) is 48.5 Å². The molecule has 114 valence electrons. The van der Waals surface area contributed by atoms with Crippen LogP contribution in [0.15, 0.2) is 58.3 Å². The Morgan fingerprint density at radius 2 is 0.875 bits per heavy atom. The molecular weight excluding hydrogens is 374 g/mol. The summed E-state index contributed by atoms with van der Waals surface area (Å²) < 4.78 is 66.2. The van der Waals surface area contributed by atoms with Gasteiger partial charge in [0, 0.05) is 0 Å². The van der Waals surface area contributed by atoms with Gasteiger partial charge < -0.3 is 9.11 Å². The van der Waals surface area contributed by atoms with Crippen molar-refractivity contribution in [2.24, 2.45) is 0 Å². The summed E-state index contributed by atoms with van der Waals surface area (Å²) in [6.45, 7) is 0. The molecule has 0 radical (unpaired) electrons. The molecule has 3 aromatic rings. The number of hydrogen-bond donors (Lipinski definition) is 0. The van der Waals surface area contributed by atoms with E-state index in [0.29, 0.717) is 21.5 Å². The van der Waals surface area contributed by atoms with Crippen LogP contribution >= 0.6 is 0 Å². The van der Waals surface area contributed by atoms with Crippen LogP contribution in [0.1, 0.15) is 0 Å². The van der Waals surface area contributed by atoms with Crippen molar-refractivity contribution in [1.82, 2.24) is 0 Å². The molecule has 24 heavy (non-hydrogen) atoms. The summed E-state index contributed by atoms with van der Waals surface area (Å²) in [5.41, 5.74) is 0. The van der Waals surface area contributed by atoms with Gasteiger partial charge in [-0.15, -0.1) is 0 Å². The SMILES string of the molecule is O=S(=O)([O-])c1ccc2cc3cc(S(=O)(=O)[O-])ccc3cc2c1.[Na+].[Na+]. The molecule has 0 unspecified atom stereocenters. The molecule has 0 atom stereocenters. The van der Waals surface area contributed by atoms with Crippen molar-refractivity contribution in [3.63, 3.8) is 0 Å². The Kier molecular flexibility index (Phi) is 7.08. The monoisotopic (exact) mass is 382 g/mol. The van der Waals surface area contributed by atoms with Crippen LogP contribution in [0.4, 0.5) is 0 Å². The van der Waals surface area contributed by atoms with Crippen molar-refractivity contribution in [3.8, 4) is 0 Å². The molecule has 0 heterocycles. The summed E-state index contributed by atoms with van der Waals surface area (Å²) in [6.07, 6.45) is 0. The molecule has 0 saturated heterocycles. The van der Waals surface area contributed by atoms with Crippen molar-refractivity contribution in [2.75, 3.05) is 0 Å². The molecule has 10 heteroatoms. The van der Waals surface area contributed by atoms with E-state index in [-0.39, 0.29) is 68.9 Å². The Morgan fingerprint density at radius 1 is 0.542 bits per heavy atom. The van der Waals surface area contributed by atoms with E-state index in [2.05, 4.69) is 0 Å². The molecule has 3 aromatic carbocycles. The normalized spacial score (nSPS) is 11.8. The van der Waals surface area contributed by atoms with E-state index < -0.39 is 20.2 Å². The van der Waals surface area contributed by atoms with Gasteiger partial charge in [-0.2, -0.15) is 0 Å². The third-order valence-corrected chi connectivity index (χ3v) is 4.98. The van der Waals surface area contributed by atoms with E-state index in [1.165, 1.54) is 36.4 Å². The molecular formula is C14H8Na2O6S2. The van der Waals surface area contributed by atoms with Crippen molar-refractivity contribution in [2.45, 2.75) is 9.79 Å². The third-order valence-electron chi connectivity index (χ3n) is 3.32. The average Bonchev–Trinajstić information content (AvgIpc) is 2.41. The number of rotatable bonds is 2. The summed E-state index contributed by atoms with van der Waals surface area (Å²) in [5.74, 6) is 0. The second kappa shape index (κ2) is 7.71. The van der Waals surface area contributed by atoms with E-state index in [1.807, 2.05) is 0 Å².